The van der Waals surface area contributed by atoms with Gasteiger partial charge in [-0.25, -0.2) is 4.79 Å². The summed E-state index contributed by atoms with van der Waals surface area (Å²) in [6.45, 7) is 10.1. The number of piperazine rings is 1. The first-order chi connectivity index (χ1) is 20.3. The summed E-state index contributed by atoms with van der Waals surface area (Å²) in [5, 5.41) is 22.7. The number of hydrogen-bond acceptors (Lipinski definition) is 11. The number of carbonyl (C=O) groups is 3. The maximum atomic E-state index is 14.2. The van der Waals surface area contributed by atoms with Crippen molar-refractivity contribution in [1.82, 2.24) is 14.7 Å². The molecule has 0 unspecified atom stereocenters. The fourth-order valence-corrected chi connectivity index (χ4v) is 8.18. The molecule has 0 aromatic rings. The zero-order valence-corrected chi connectivity index (χ0v) is 26.4. The Morgan fingerprint density at radius 1 is 1.16 bits per heavy atom. The summed E-state index contributed by atoms with van der Waals surface area (Å²) in [5.74, 6) is -2.55. The van der Waals surface area contributed by atoms with E-state index in [-0.39, 0.29) is 23.7 Å². The summed E-state index contributed by atoms with van der Waals surface area (Å²) in [4.78, 5) is 46.8. The van der Waals surface area contributed by atoms with Gasteiger partial charge in [0.2, 0.25) is 5.78 Å². The number of esters is 2. The van der Waals surface area contributed by atoms with Crippen molar-refractivity contribution in [3.05, 3.63) is 34.3 Å². The summed E-state index contributed by atoms with van der Waals surface area (Å²) in [7, 11) is 5.63. The normalized spacial score (nSPS) is 35.7. The van der Waals surface area contributed by atoms with E-state index in [4.69, 9.17) is 14.2 Å². The van der Waals surface area contributed by atoms with Gasteiger partial charge >= 0.3 is 11.9 Å². The van der Waals surface area contributed by atoms with Crippen LogP contribution in [0.2, 0.25) is 0 Å². The molecule has 5 aliphatic rings. The fraction of sp³-hybridized carbons (Fsp3) is 0.719. The maximum Gasteiger partial charge on any atom is 0.340 e. The zero-order valence-electron chi connectivity index (χ0n) is 26.4. The van der Waals surface area contributed by atoms with Crippen LogP contribution in [0.4, 0.5) is 0 Å². The lowest BCUT2D eigenvalue weighted by Gasteiger charge is -2.54. The van der Waals surface area contributed by atoms with E-state index in [1.165, 1.54) is 14.0 Å². The van der Waals surface area contributed by atoms with Gasteiger partial charge in [-0.15, -0.1) is 0 Å². The molecule has 11 nitrogen and oxygen atoms in total. The number of allylic oxidation sites excluding steroid dienone is 1. The number of nitrogens with zero attached hydrogens (tertiary/aromatic N) is 3. The SMILES string of the molecule is COC[C@H]1OC(=O)/C(=C/N2CCN(CCCN(C)C)CC2)C2=C(O)C(=O)C3=C([C@H](OC(C)=O)C[C@]4(C)[C@@H](O)CC[C@@H]34)[C@]21C. The second kappa shape index (κ2) is 12.0. The minimum Gasteiger partial charge on any atom is -0.504 e. The van der Waals surface area contributed by atoms with Crippen molar-refractivity contribution in [2.45, 2.75) is 64.8 Å². The van der Waals surface area contributed by atoms with Gasteiger partial charge in [0.25, 0.3) is 0 Å². The summed E-state index contributed by atoms with van der Waals surface area (Å²) in [5.41, 5.74) is -0.674. The summed E-state index contributed by atoms with van der Waals surface area (Å²) in [6, 6.07) is 0. The highest BCUT2D eigenvalue weighted by molar-refractivity contribution is 6.13. The third kappa shape index (κ3) is 5.43. The van der Waals surface area contributed by atoms with Crippen LogP contribution in [0.1, 0.15) is 46.5 Å². The first kappa shape index (κ1) is 31.7. The predicted molar refractivity (Wildman–Crippen MR) is 158 cm³/mol. The van der Waals surface area contributed by atoms with Crippen molar-refractivity contribution >= 4 is 17.7 Å². The largest absolute Gasteiger partial charge is 0.504 e. The Morgan fingerprint density at radius 3 is 2.49 bits per heavy atom. The number of carbonyl (C=O) groups excluding carboxylic acids is 3. The van der Waals surface area contributed by atoms with E-state index in [2.05, 4.69) is 23.9 Å². The third-order valence-corrected chi connectivity index (χ3v) is 10.5. The summed E-state index contributed by atoms with van der Waals surface area (Å²) < 4.78 is 17.4. The number of aliphatic hydroxyl groups is 2. The minimum atomic E-state index is -1.20. The van der Waals surface area contributed by atoms with E-state index in [9.17, 15) is 24.6 Å². The minimum absolute atomic E-state index is 0.0141. The molecule has 6 atom stereocenters. The lowest BCUT2D eigenvalue weighted by atomic mass is 9.53. The molecule has 43 heavy (non-hydrogen) atoms. The second-order valence-electron chi connectivity index (χ2n) is 13.5. The average molecular weight is 602 g/mol. The number of hydrogen-bond donors (Lipinski definition) is 2. The van der Waals surface area contributed by atoms with Crippen LogP contribution in [-0.2, 0) is 28.6 Å². The molecule has 0 amide bonds. The third-order valence-electron chi connectivity index (χ3n) is 10.5. The molecule has 0 radical (unpaired) electrons. The molecule has 0 aromatic heterocycles. The molecule has 3 aliphatic carbocycles. The van der Waals surface area contributed by atoms with Crippen LogP contribution in [0, 0.1) is 16.7 Å². The van der Waals surface area contributed by atoms with Crippen molar-refractivity contribution in [1.29, 1.82) is 0 Å². The van der Waals surface area contributed by atoms with Crippen molar-refractivity contribution in [2.24, 2.45) is 16.7 Å². The number of cyclic esters (lactones) is 1. The molecule has 238 valence electrons. The predicted octanol–water partition coefficient (Wildman–Crippen LogP) is 1.82. The van der Waals surface area contributed by atoms with Gasteiger partial charge in [-0.2, -0.15) is 0 Å². The van der Waals surface area contributed by atoms with Crippen LogP contribution in [0.3, 0.4) is 0 Å². The molecule has 2 aliphatic heterocycles. The smallest absolute Gasteiger partial charge is 0.340 e. The molecular weight excluding hydrogens is 554 g/mol. The Hall–Kier alpha value is -2.73. The zero-order chi connectivity index (χ0) is 31.3. The molecule has 0 bridgehead atoms. The van der Waals surface area contributed by atoms with E-state index in [0.717, 1.165) is 32.6 Å². The van der Waals surface area contributed by atoms with E-state index in [1.54, 1.807) is 6.20 Å². The van der Waals surface area contributed by atoms with Gasteiger partial charge in [0.15, 0.2) is 5.76 Å². The number of ketones is 1. The summed E-state index contributed by atoms with van der Waals surface area (Å²) in [6.07, 6.45) is 1.75. The van der Waals surface area contributed by atoms with Crippen LogP contribution in [-0.4, -0.2) is 128 Å². The molecule has 2 N–H and O–H groups in total. The molecule has 11 heteroatoms. The Kier molecular flexibility index (Phi) is 8.83. The number of methoxy groups -OCH3 is 1. The average Bonchev–Trinajstić information content (AvgIpc) is 3.23. The van der Waals surface area contributed by atoms with E-state index in [0.29, 0.717) is 43.5 Å². The molecular formula is C32H47N3O8. The number of Topliss-reactive ketones (excluding diaryl/α,β-unsaturated/α-hetero) is 1. The Morgan fingerprint density at radius 2 is 1.86 bits per heavy atom. The second-order valence-corrected chi connectivity index (χ2v) is 13.5. The molecule has 2 heterocycles. The highest BCUT2D eigenvalue weighted by Gasteiger charge is 2.64. The maximum absolute atomic E-state index is 14.2. The van der Waals surface area contributed by atoms with Gasteiger partial charge in [0.05, 0.1) is 23.7 Å². The van der Waals surface area contributed by atoms with Crippen molar-refractivity contribution < 1.29 is 38.8 Å². The quantitative estimate of drug-likeness (QED) is 0.312. The number of ether oxygens (including phenoxy) is 3. The van der Waals surface area contributed by atoms with Crippen LogP contribution >= 0.6 is 0 Å². The van der Waals surface area contributed by atoms with Crippen LogP contribution in [0.25, 0.3) is 0 Å². The Bertz CT molecular complexity index is 1250. The lowest BCUT2D eigenvalue weighted by molar-refractivity contribution is -0.161. The number of aliphatic hydroxyl groups excluding tert-OH is 2. The van der Waals surface area contributed by atoms with Gasteiger partial charge in [-0.05, 0) is 71.3 Å². The van der Waals surface area contributed by atoms with Crippen molar-refractivity contribution in [3.8, 4) is 0 Å². The molecule has 2 saturated heterocycles. The van der Waals surface area contributed by atoms with Gasteiger partial charge in [-0.1, -0.05) is 6.92 Å². The topological polar surface area (TPSA) is 129 Å². The molecule has 0 aromatic carbocycles. The molecule has 1 saturated carbocycles. The molecule has 0 spiro atoms. The number of rotatable bonds is 8. The van der Waals surface area contributed by atoms with Gasteiger partial charge in [0.1, 0.15) is 12.2 Å². The van der Waals surface area contributed by atoms with E-state index in [1.807, 2.05) is 18.7 Å². The first-order valence-corrected chi connectivity index (χ1v) is 15.4. The van der Waals surface area contributed by atoms with E-state index >= 15 is 0 Å². The molecule has 5 rings (SSSR count). The van der Waals surface area contributed by atoms with Crippen molar-refractivity contribution in [3.63, 3.8) is 0 Å². The Balaban J connectivity index is 1.56. The lowest BCUT2D eigenvalue weighted by Crippen LogP contribution is -2.57. The highest BCUT2D eigenvalue weighted by atomic mass is 16.6. The van der Waals surface area contributed by atoms with Crippen LogP contribution in [0.5, 0.6) is 0 Å². The Labute approximate surface area is 254 Å². The number of fused-ring (bicyclic) bond motifs is 4. The summed E-state index contributed by atoms with van der Waals surface area (Å²) >= 11 is 0. The van der Waals surface area contributed by atoms with Crippen LogP contribution in [0.15, 0.2) is 34.3 Å². The highest BCUT2D eigenvalue weighted by Crippen LogP contribution is 2.63. The van der Waals surface area contributed by atoms with Gasteiger partial charge in [0, 0.05) is 63.0 Å². The van der Waals surface area contributed by atoms with Crippen molar-refractivity contribution in [2.75, 3.05) is 67.1 Å². The standard InChI is InChI=1S/C32H47N3O8/c1-19(36)42-22-16-31(2)21(8-9-23(31)37)25-27(22)32(3)24(18-41-6)43-30(40)20(26(32)29(39)28(25)38)17-35-14-12-34(13-15-35)11-7-10-33(4)5/h17,21-24,37,39H,7-16,18H2,1-6H3/b20-17+/t21-,22+,23-,24+,31-,32-/m0/s1. The van der Waals surface area contributed by atoms with Gasteiger partial charge in [-0.3, -0.25) is 14.5 Å². The van der Waals surface area contributed by atoms with Crippen LogP contribution < -0.4 is 0 Å². The van der Waals surface area contributed by atoms with Gasteiger partial charge < -0.3 is 34.2 Å². The molecule has 3 fully saturated rings. The van der Waals surface area contributed by atoms with E-state index < -0.39 is 52.6 Å². The fourth-order valence-electron chi connectivity index (χ4n) is 8.18. The first-order valence-electron chi connectivity index (χ1n) is 15.4. The monoisotopic (exact) mass is 601 g/mol.